The Hall–Kier alpha value is -0.730. The summed E-state index contributed by atoms with van der Waals surface area (Å²) in [6, 6.07) is -0.103. The number of nitrogens with one attached hydrogen (secondary N) is 2. The van der Waals surface area contributed by atoms with E-state index < -0.39 is 0 Å². The second kappa shape index (κ2) is 4.21. The average molecular weight is 158 g/mol. The van der Waals surface area contributed by atoms with E-state index in [0.717, 1.165) is 13.0 Å². The number of carbonyl (C=O) groups is 1. The van der Waals surface area contributed by atoms with Gasteiger partial charge in [0.1, 0.15) is 0 Å². The van der Waals surface area contributed by atoms with Crippen LogP contribution in [-0.4, -0.2) is 19.6 Å². The summed E-state index contributed by atoms with van der Waals surface area (Å²) < 4.78 is 0. The smallest absolute Gasteiger partial charge is 0.314 e. The van der Waals surface area contributed by atoms with Gasteiger partial charge in [0.25, 0.3) is 0 Å². The zero-order valence-electron chi connectivity index (χ0n) is 7.82. The molecule has 0 rings (SSSR count). The van der Waals surface area contributed by atoms with Crippen molar-refractivity contribution in [3.63, 3.8) is 0 Å². The van der Waals surface area contributed by atoms with Crippen molar-refractivity contribution in [3.8, 4) is 0 Å². The van der Waals surface area contributed by atoms with Gasteiger partial charge in [-0.1, -0.05) is 20.8 Å². The van der Waals surface area contributed by atoms with Crippen LogP contribution in [0, 0.1) is 5.41 Å². The minimum Gasteiger partial charge on any atom is -0.341 e. The first-order valence-electron chi connectivity index (χ1n) is 3.91. The molecule has 0 aromatic rings. The molecule has 3 heteroatoms. The summed E-state index contributed by atoms with van der Waals surface area (Å²) in [7, 11) is 1.62. The molecular weight excluding hydrogens is 140 g/mol. The molecule has 0 aromatic heterocycles. The van der Waals surface area contributed by atoms with E-state index in [0.29, 0.717) is 5.41 Å². The molecule has 0 radical (unpaired) electrons. The lowest BCUT2D eigenvalue weighted by Gasteiger charge is -2.17. The van der Waals surface area contributed by atoms with Crippen LogP contribution in [0.4, 0.5) is 4.79 Å². The highest BCUT2D eigenvalue weighted by molar-refractivity contribution is 5.73. The highest BCUT2D eigenvalue weighted by atomic mass is 16.2. The van der Waals surface area contributed by atoms with Crippen molar-refractivity contribution in [2.45, 2.75) is 27.2 Å². The van der Waals surface area contributed by atoms with Crippen molar-refractivity contribution in [1.82, 2.24) is 10.6 Å². The molecule has 0 aliphatic heterocycles. The highest BCUT2D eigenvalue weighted by Crippen LogP contribution is 2.16. The van der Waals surface area contributed by atoms with E-state index in [1.807, 2.05) is 0 Å². The predicted molar refractivity (Wildman–Crippen MR) is 46.5 cm³/mol. The van der Waals surface area contributed by atoms with Gasteiger partial charge < -0.3 is 10.6 Å². The number of carbonyl (C=O) groups excluding carboxylic acids is 1. The Morgan fingerprint density at radius 1 is 1.36 bits per heavy atom. The second-order valence-electron chi connectivity index (χ2n) is 3.82. The summed E-state index contributed by atoms with van der Waals surface area (Å²) in [5.41, 5.74) is 0.293. The van der Waals surface area contributed by atoms with Gasteiger partial charge in [-0.25, -0.2) is 4.79 Å². The molecule has 3 nitrogen and oxygen atoms in total. The highest BCUT2D eigenvalue weighted by Gasteiger charge is 2.09. The van der Waals surface area contributed by atoms with Crippen LogP contribution in [0.2, 0.25) is 0 Å². The van der Waals surface area contributed by atoms with Crippen LogP contribution in [0.25, 0.3) is 0 Å². The van der Waals surface area contributed by atoms with Gasteiger partial charge >= 0.3 is 6.03 Å². The molecule has 0 saturated carbocycles. The van der Waals surface area contributed by atoms with Crippen LogP contribution < -0.4 is 10.6 Å². The van der Waals surface area contributed by atoms with Gasteiger partial charge in [0.2, 0.25) is 0 Å². The first-order valence-corrected chi connectivity index (χ1v) is 3.91. The monoisotopic (exact) mass is 158 g/mol. The number of urea groups is 1. The molecule has 66 valence electrons. The van der Waals surface area contributed by atoms with Gasteiger partial charge in [0.15, 0.2) is 0 Å². The Balaban J connectivity index is 3.35. The fraction of sp³-hybridized carbons (Fsp3) is 0.875. The largest absolute Gasteiger partial charge is 0.341 e. The van der Waals surface area contributed by atoms with Crippen molar-refractivity contribution in [2.75, 3.05) is 13.6 Å². The molecule has 0 aromatic carbocycles. The molecule has 2 N–H and O–H groups in total. The lowest BCUT2D eigenvalue weighted by Crippen LogP contribution is -2.34. The molecule has 0 saturated heterocycles. The van der Waals surface area contributed by atoms with Crippen LogP contribution in [0.3, 0.4) is 0 Å². The third-order valence-corrected chi connectivity index (χ3v) is 1.39. The van der Waals surface area contributed by atoms with Crippen molar-refractivity contribution in [2.24, 2.45) is 5.41 Å². The molecule has 0 spiro atoms. The van der Waals surface area contributed by atoms with Crippen LogP contribution in [-0.2, 0) is 0 Å². The molecule has 0 heterocycles. The first-order chi connectivity index (χ1) is 4.95. The SMILES string of the molecule is CNC(=O)NCCC(C)(C)C. The van der Waals surface area contributed by atoms with Crippen molar-refractivity contribution in [3.05, 3.63) is 0 Å². The summed E-state index contributed by atoms with van der Waals surface area (Å²) >= 11 is 0. The van der Waals surface area contributed by atoms with Gasteiger partial charge in [-0.3, -0.25) is 0 Å². The van der Waals surface area contributed by atoms with Crippen LogP contribution in [0.1, 0.15) is 27.2 Å². The van der Waals surface area contributed by atoms with Gasteiger partial charge in [0.05, 0.1) is 0 Å². The van der Waals surface area contributed by atoms with E-state index in [1.165, 1.54) is 0 Å². The van der Waals surface area contributed by atoms with Gasteiger partial charge in [0, 0.05) is 13.6 Å². The molecule has 0 aliphatic carbocycles. The maximum absolute atomic E-state index is 10.7. The Kier molecular flexibility index (Phi) is 3.93. The lowest BCUT2D eigenvalue weighted by atomic mass is 9.92. The van der Waals surface area contributed by atoms with Gasteiger partial charge in [-0.15, -0.1) is 0 Å². The Bertz CT molecular complexity index is 127. The van der Waals surface area contributed by atoms with E-state index in [1.54, 1.807) is 7.05 Å². The Morgan fingerprint density at radius 2 is 1.91 bits per heavy atom. The van der Waals surface area contributed by atoms with Crippen LogP contribution in [0.15, 0.2) is 0 Å². The van der Waals surface area contributed by atoms with E-state index in [4.69, 9.17) is 0 Å². The minimum atomic E-state index is -0.103. The quantitative estimate of drug-likeness (QED) is 0.626. The summed E-state index contributed by atoms with van der Waals surface area (Å²) in [4.78, 5) is 10.7. The summed E-state index contributed by atoms with van der Waals surface area (Å²) in [6.45, 7) is 7.19. The summed E-state index contributed by atoms with van der Waals surface area (Å²) in [5, 5.41) is 5.24. The van der Waals surface area contributed by atoms with E-state index in [2.05, 4.69) is 31.4 Å². The fourth-order valence-corrected chi connectivity index (χ4v) is 0.639. The molecule has 0 atom stereocenters. The van der Waals surface area contributed by atoms with E-state index in [-0.39, 0.29) is 6.03 Å². The van der Waals surface area contributed by atoms with E-state index >= 15 is 0 Å². The fourth-order valence-electron chi connectivity index (χ4n) is 0.639. The number of amides is 2. The topological polar surface area (TPSA) is 41.1 Å². The van der Waals surface area contributed by atoms with Gasteiger partial charge in [-0.05, 0) is 11.8 Å². The molecule has 0 unspecified atom stereocenters. The van der Waals surface area contributed by atoms with Crippen LogP contribution >= 0.6 is 0 Å². The standard InChI is InChI=1S/C8H18N2O/c1-8(2,3)5-6-10-7(11)9-4/h5-6H2,1-4H3,(H2,9,10,11). The predicted octanol–water partition coefficient (Wildman–Crippen LogP) is 1.35. The number of hydrogen-bond acceptors (Lipinski definition) is 1. The molecule has 0 aliphatic rings. The summed E-state index contributed by atoms with van der Waals surface area (Å²) in [6.07, 6.45) is 1.00. The molecule has 11 heavy (non-hydrogen) atoms. The molecule has 0 bridgehead atoms. The van der Waals surface area contributed by atoms with Crippen molar-refractivity contribution in [1.29, 1.82) is 0 Å². The minimum absolute atomic E-state index is 0.103. The normalized spacial score (nSPS) is 10.9. The Morgan fingerprint density at radius 3 is 2.27 bits per heavy atom. The maximum Gasteiger partial charge on any atom is 0.314 e. The molecule has 2 amide bonds. The second-order valence-corrected chi connectivity index (χ2v) is 3.82. The third kappa shape index (κ3) is 7.16. The zero-order valence-corrected chi connectivity index (χ0v) is 7.82. The molecular formula is C8H18N2O. The lowest BCUT2D eigenvalue weighted by molar-refractivity contribution is 0.240. The summed E-state index contributed by atoms with van der Waals surface area (Å²) in [5.74, 6) is 0. The van der Waals surface area contributed by atoms with Crippen molar-refractivity contribution >= 4 is 6.03 Å². The van der Waals surface area contributed by atoms with Gasteiger partial charge in [-0.2, -0.15) is 0 Å². The molecule has 0 fully saturated rings. The Labute approximate surface area is 68.6 Å². The number of rotatable bonds is 2. The van der Waals surface area contributed by atoms with Crippen LogP contribution in [0.5, 0.6) is 0 Å². The van der Waals surface area contributed by atoms with E-state index in [9.17, 15) is 4.79 Å². The number of hydrogen-bond donors (Lipinski definition) is 2. The average Bonchev–Trinajstić information content (AvgIpc) is 1.85. The third-order valence-electron chi connectivity index (χ3n) is 1.39. The van der Waals surface area contributed by atoms with Crippen molar-refractivity contribution < 1.29 is 4.79 Å². The zero-order chi connectivity index (χ0) is 8.91. The first kappa shape index (κ1) is 10.3. The maximum atomic E-state index is 10.7.